The first kappa shape index (κ1) is 16.3. The Kier molecular flexibility index (Phi) is 5.32. The topological polar surface area (TPSA) is 63.9 Å². The van der Waals surface area contributed by atoms with Crippen molar-refractivity contribution in [2.45, 2.75) is 32.5 Å². The molecule has 24 heavy (non-hydrogen) atoms. The van der Waals surface area contributed by atoms with Crippen LogP contribution in [-0.4, -0.2) is 37.1 Å². The van der Waals surface area contributed by atoms with E-state index in [1.165, 1.54) is 15.9 Å². The van der Waals surface area contributed by atoms with Gasteiger partial charge in [0.15, 0.2) is 0 Å². The number of benzene rings is 1. The average molecular weight is 341 g/mol. The molecule has 1 amide bonds. The molecule has 0 aliphatic carbocycles. The number of aromatic nitrogens is 4. The minimum Gasteiger partial charge on any atom is -0.334 e. The summed E-state index contributed by atoms with van der Waals surface area (Å²) in [7, 11) is 0. The molecular formula is C17H19N5OS. The first-order valence-corrected chi connectivity index (χ1v) is 8.67. The van der Waals surface area contributed by atoms with Gasteiger partial charge in [0.2, 0.25) is 5.91 Å². The Morgan fingerprint density at radius 2 is 2.08 bits per heavy atom. The fourth-order valence-electron chi connectivity index (χ4n) is 2.58. The maximum atomic E-state index is 12.8. The summed E-state index contributed by atoms with van der Waals surface area (Å²) in [5, 5.41) is 13.0. The molecule has 0 N–H and O–H groups in total. The normalized spacial score (nSPS) is 12.0. The summed E-state index contributed by atoms with van der Waals surface area (Å²) in [5.41, 5.74) is 1.11. The molecule has 2 aromatic heterocycles. The van der Waals surface area contributed by atoms with E-state index in [2.05, 4.69) is 33.9 Å². The van der Waals surface area contributed by atoms with Crippen molar-refractivity contribution < 1.29 is 4.79 Å². The lowest BCUT2D eigenvalue weighted by Gasteiger charge is -2.29. The summed E-state index contributed by atoms with van der Waals surface area (Å²) in [6.07, 6.45) is 2.30. The molecular weight excluding hydrogens is 322 g/mol. The summed E-state index contributed by atoms with van der Waals surface area (Å²) in [6, 6.07) is 14.3. The fourth-order valence-corrected chi connectivity index (χ4v) is 3.41. The summed E-state index contributed by atoms with van der Waals surface area (Å²) >= 11 is 1.72. The first-order chi connectivity index (χ1) is 11.7. The molecule has 0 unspecified atom stereocenters. The third kappa shape index (κ3) is 4.26. The highest BCUT2D eigenvalue weighted by Gasteiger charge is 2.21. The van der Waals surface area contributed by atoms with Crippen molar-refractivity contribution in [3.8, 4) is 0 Å². The van der Waals surface area contributed by atoms with Crippen LogP contribution in [0.3, 0.4) is 0 Å². The van der Waals surface area contributed by atoms with Gasteiger partial charge in [0.05, 0.1) is 0 Å². The van der Waals surface area contributed by atoms with E-state index in [4.69, 9.17) is 0 Å². The van der Waals surface area contributed by atoms with Gasteiger partial charge >= 0.3 is 0 Å². The van der Waals surface area contributed by atoms with Gasteiger partial charge in [-0.15, -0.1) is 16.4 Å². The second-order valence-electron chi connectivity index (χ2n) is 5.65. The highest BCUT2D eigenvalue weighted by Crippen LogP contribution is 2.17. The number of hydrogen-bond acceptors (Lipinski definition) is 5. The zero-order chi connectivity index (χ0) is 16.8. The molecule has 124 valence electrons. The van der Waals surface area contributed by atoms with Gasteiger partial charge in [0, 0.05) is 23.9 Å². The molecule has 0 spiro atoms. The van der Waals surface area contributed by atoms with Crippen LogP contribution < -0.4 is 0 Å². The Labute approximate surface area is 144 Å². The number of carbonyl (C=O) groups excluding carboxylic acids is 1. The Balaban J connectivity index is 1.75. The summed E-state index contributed by atoms with van der Waals surface area (Å²) in [4.78, 5) is 16.0. The van der Waals surface area contributed by atoms with Crippen molar-refractivity contribution in [3.63, 3.8) is 0 Å². The van der Waals surface area contributed by atoms with Crippen LogP contribution in [0, 0.1) is 0 Å². The minimum absolute atomic E-state index is 0.00945. The summed E-state index contributed by atoms with van der Waals surface area (Å²) in [5.74, 6) is 0.00945. The summed E-state index contributed by atoms with van der Waals surface area (Å²) < 4.78 is 1.46. The van der Waals surface area contributed by atoms with Gasteiger partial charge in [-0.3, -0.25) is 4.79 Å². The molecule has 0 saturated heterocycles. The molecule has 0 radical (unpaired) electrons. The van der Waals surface area contributed by atoms with Crippen LogP contribution in [0.15, 0.2) is 54.2 Å². The highest BCUT2D eigenvalue weighted by molar-refractivity contribution is 7.09. The highest BCUT2D eigenvalue weighted by atomic mass is 32.1. The number of rotatable bonds is 7. The van der Waals surface area contributed by atoms with Crippen molar-refractivity contribution >= 4 is 17.2 Å². The van der Waals surface area contributed by atoms with Gasteiger partial charge in [0.25, 0.3) is 0 Å². The molecule has 0 aliphatic heterocycles. The van der Waals surface area contributed by atoms with Crippen LogP contribution in [0.5, 0.6) is 0 Å². The van der Waals surface area contributed by atoms with Crippen LogP contribution in [0.2, 0.25) is 0 Å². The molecule has 1 atom stereocenters. The zero-order valence-corrected chi connectivity index (χ0v) is 14.3. The molecule has 2 heterocycles. The van der Waals surface area contributed by atoms with Crippen molar-refractivity contribution in [3.05, 3.63) is 64.6 Å². The maximum Gasteiger partial charge on any atom is 0.244 e. The molecule has 1 aromatic carbocycles. The van der Waals surface area contributed by atoms with Crippen LogP contribution >= 0.6 is 11.3 Å². The Morgan fingerprint density at radius 1 is 1.25 bits per heavy atom. The molecule has 0 bridgehead atoms. The molecule has 3 aromatic rings. The molecule has 6 nitrogen and oxygen atoms in total. The number of amides is 1. The van der Waals surface area contributed by atoms with Crippen molar-refractivity contribution in [2.24, 2.45) is 0 Å². The van der Waals surface area contributed by atoms with E-state index in [0.29, 0.717) is 6.54 Å². The molecule has 7 heteroatoms. The number of carbonyl (C=O) groups is 1. The number of tetrazole rings is 1. The van der Waals surface area contributed by atoms with Crippen LogP contribution in [0.25, 0.3) is 0 Å². The van der Waals surface area contributed by atoms with E-state index < -0.39 is 0 Å². The van der Waals surface area contributed by atoms with E-state index in [0.717, 1.165) is 12.0 Å². The Hall–Kier alpha value is -2.54. The smallest absolute Gasteiger partial charge is 0.244 e. The zero-order valence-electron chi connectivity index (χ0n) is 13.4. The van der Waals surface area contributed by atoms with E-state index in [1.807, 2.05) is 41.3 Å². The van der Waals surface area contributed by atoms with Gasteiger partial charge in [-0.05, 0) is 34.4 Å². The Morgan fingerprint density at radius 3 is 2.75 bits per heavy atom. The second kappa shape index (κ2) is 7.83. The van der Waals surface area contributed by atoms with E-state index >= 15 is 0 Å². The lowest BCUT2D eigenvalue weighted by atomic mass is 10.1. The van der Waals surface area contributed by atoms with Crippen molar-refractivity contribution in [1.82, 2.24) is 25.1 Å². The van der Waals surface area contributed by atoms with Gasteiger partial charge < -0.3 is 4.90 Å². The van der Waals surface area contributed by atoms with Crippen LogP contribution in [-0.2, 0) is 24.3 Å². The number of nitrogens with zero attached hydrogens (tertiary/aromatic N) is 5. The predicted octanol–water partition coefficient (Wildman–Crippen LogP) is 2.39. The quantitative estimate of drug-likeness (QED) is 0.662. The minimum atomic E-state index is 0.00945. The fraction of sp³-hybridized carbons (Fsp3) is 0.294. The van der Waals surface area contributed by atoms with Crippen molar-refractivity contribution in [1.29, 1.82) is 0 Å². The van der Waals surface area contributed by atoms with E-state index in [9.17, 15) is 4.79 Å². The molecule has 0 fully saturated rings. The summed E-state index contributed by atoms with van der Waals surface area (Å²) in [6.45, 7) is 2.81. The average Bonchev–Trinajstić information content (AvgIpc) is 3.27. The monoisotopic (exact) mass is 341 g/mol. The number of thiophene rings is 1. The molecule has 0 aliphatic rings. The van der Waals surface area contributed by atoms with Crippen LogP contribution in [0.1, 0.15) is 17.4 Å². The maximum absolute atomic E-state index is 12.8. The van der Waals surface area contributed by atoms with Gasteiger partial charge in [-0.2, -0.15) is 0 Å². The lowest BCUT2D eigenvalue weighted by Crippen LogP contribution is -2.41. The van der Waals surface area contributed by atoms with Gasteiger partial charge in [-0.1, -0.05) is 36.4 Å². The van der Waals surface area contributed by atoms with Crippen LogP contribution in [0.4, 0.5) is 0 Å². The predicted molar refractivity (Wildman–Crippen MR) is 92.3 cm³/mol. The van der Waals surface area contributed by atoms with Gasteiger partial charge in [0.1, 0.15) is 12.9 Å². The number of hydrogen-bond donors (Lipinski definition) is 0. The van der Waals surface area contributed by atoms with E-state index in [1.54, 1.807) is 11.3 Å². The van der Waals surface area contributed by atoms with Gasteiger partial charge in [-0.25, -0.2) is 4.68 Å². The SMILES string of the molecule is C[C@@H](Cc1cccs1)N(Cc1ccccc1)C(=O)Cn1cnnn1. The largest absolute Gasteiger partial charge is 0.334 e. The van der Waals surface area contributed by atoms with E-state index in [-0.39, 0.29) is 18.5 Å². The standard InChI is InChI=1S/C17H19N5OS/c1-14(10-16-8-5-9-24-16)22(11-15-6-3-2-4-7-15)17(23)12-21-13-18-19-20-21/h2-9,13-14H,10-12H2,1H3/t14-/m0/s1. The molecule has 3 rings (SSSR count). The Bertz CT molecular complexity index is 743. The lowest BCUT2D eigenvalue weighted by molar-refractivity contribution is -0.134. The first-order valence-electron chi connectivity index (χ1n) is 7.79. The molecule has 0 saturated carbocycles. The third-order valence-electron chi connectivity index (χ3n) is 3.81. The van der Waals surface area contributed by atoms with Crippen molar-refractivity contribution in [2.75, 3.05) is 0 Å². The third-order valence-corrected chi connectivity index (χ3v) is 4.71. The second-order valence-corrected chi connectivity index (χ2v) is 6.68.